The van der Waals surface area contributed by atoms with Gasteiger partial charge in [-0.05, 0) is 61.9 Å². The van der Waals surface area contributed by atoms with Gasteiger partial charge in [-0.3, -0.25) is 4.79 Å². The molecule has 0 saturated carbocycles. The van der Waals surface area contributed by atoms with Crippen LogP contribution in [0, 0.1) is 11.8 Å². The van der Waals surface area contributed by atoms with Gasteiger partial charge in [0.25, 0.3) is 0 Å². The Morgan fingerprint density at radius 3 is 2.96 bits per heavy atom. The van der Waals surface area contributed by atoms with Crippen molar-refractivity contribution in [3.8, 4) is 11.5 Å². The van der Waals surface area contributed by atoms with Crippen molar-refractivity contribution >= 4 is 5.91 Å². The lowest BCUT2D eigenvalue weighted by molar-refractivity contribution is -0.121. The van der Waals surface area contributed by atoms with E-state index < -0.39 is 0 Å². The van der Waals surface area contributed by atoms with Crippen LogP contribution in [-0.4, -0.2) is 38.8 Å². The van der Waals surface area contributed by atoms with E-state index in [1.807, 2.05) is 6.07 Å². The van der Waals surface area contributed by atoms with Crippen LogP contribution in [-0.2, 0) is 11.2 Å². The van der Waals surface area contributed by atoms with Crippen molar-refractivity contribution in [2.75, 3.05) is 32.8 Å². The van der Waals surface area contributed by atoms with E-state index >= 15 is 0 Å². The van der Waals surface area contributed by atoms with E-state index in [1.54, 1.807) is 0 Å². The second-order valence-electron chi connectivity index (χ2n) is 7.22. The predicted molar refractivity (Wildman–Crippen MR) is 98.1 cm³/mol. The summed E-state index contributed by atoms with van der Waals surface area (Å²) in [5, 5.41) is 6.51. The Morgan fingerprint density at radius 2 is 2.12 bits per heavy atom. The minimum absolute atomic E-state index is 0.167. The highest BCUT2D eigenvalue weighted by Gasteiger charge is 2.21. The Kier molecular flexibility index (Phi) is 6.56. The molecule has 2 heterocycles. The summed E-state index contributed by atoms with van der Waals surface area (Å²) in [6, 6.07) is 6.10. The fourth-order valence-electron chi connectivity index (χ4n) is 3.52. The van der Waals surface area contributed by atoms with Crippen LogP contribution < -0.4 is 20.1 Å². The van der Waals surface area contributed by atoms with Gasteiger partial charge in [-0.1, -0.05) is 13.0 Å². The number of hydrogen-bond acceptors (Lipinski definition) is 4. The van der Waals surface area contributed by atoms with Gasteiger partial charge >= 0.3 is 0 Å². The molecule has 0 radical (unpaired) electrons. The third kappa shape index (κ3) is 5.36. The number of carbonyl (C=O) groups excluding carboxylic acids is 1. The van der Waals surface area contributed by atoms with Gasteiger partial charge in [0.05, 0.1) is 13.2 Å². The van der Waals surface area contributed by atoms with E-state index in [2.05, 4.69) is 29.7 Å². The molecule has 3 rings (SSSR count). The number of ether oxygens (including phenoxy) is 2. The molecule has 2 N–H and O–H groups in total. The summed E-state index contributed by atoms with van der Waals surface area (Å²) < 4.78 is 11.4. The van der Waals surface area contributed by atoms with Crippen LogP contribution in [0.15, 0.2) is 18.2 Å². The summed E-state index contributed by atoms with van der Waals surface area (Å²) in [6.45, 7) is 6.61. The molecule has 0 bridgehead atoms. The van der Waals surface area contributed by atoms with Crippen molar-refractivity contribution in [3.05, 3.63) is 23.8 Å². The maximum absolute atomic E-state index is 12.1. The number of nitrogens with one attached hydrogen (secondary N) is 2. The lowest BCUT2D eigenvalue weighted by atomic mass is 9.88. The third-order valence-corrected chi connectivity index (χ3v) is 5.21. The van der Waals surface area contributed by atoms with Crippen LogP contribution in [0.4, 0.5) is 0 Å². The highest BCUT2D eigenvalue weighted by atomic mass is 16.5. The molecule has 2 aliphatic heterocycles. The maximum Gasteiger partial charge on any atom is 0.220 e. The molecule has 1 amide bonds. The van der Waals surface area contributed by atoms with Crippen molar-refractivity contribution in [3.63, 3.8) is 0 Å². The second-order valence-corrected chi connectivity index (χ2v) is 7.22. The molecule has 0 aliphatic carbocycles. The van der Waals surface area contributed by atoms with Gasteiger partial charge in [-0.25, -0.2) is 0 Å². The zero-order chi connectivity index (χ0) is 17.5. The van der Waals surface area contributed by atoms with Gasteiger partial charge in [-0.2, -0.15) is 0 Å². The molecule has 1 aromatic carbocycles. The zero-order valence-electron chi connectivity index (χ0n) is 15.2. The van der Waals surface area contributed by atoms with Crippen LogP contribution in [0.5, 0.6) is 11.5 Å². The molecule has 1 aromatic rings. The number of fused-ring (bicyclic) bond motifs is 1. The Bertz CT molecular complexity index is 576. The Labute approximate surface area is 150 Å². The number of rotatable bonds is 6. The smallest absolute Gasteiger partial charge is 0.220 e. The van der Waals surface area contributed by atoms with Crippen LogP contribution in [0.25, 0.3) is 0 Å². The van der Waals surface area contributed by atoms with Gasteiger partial charge in [0.15, 0.2) is 11.5 Å². The third-order valence-electron chi connectivity index (χ3n) is 5.21. The summed E-state index contributed by atoms with van der Waals surface area (Å²) in [6.07, 6.45) is 4.38. The fourth-order valence-corrected chi connectivity index (χ4v) is 3.52. The van der Waals surface area contributed by atoms with Crippen molar-refractivity contribution in [1.82, 2.24) is 10.6 Å². The molecule has 2 aliphatic rings. The first-order valence-electron chi connectivity index (χ1n) is 9.58. The van der Waals surface area contributed by atoms with Gasteiger partial charge in [0.2, 0.25) is 5.91 Å². The Balaban J connectivity index is 1.39. The van der Waals surface area contributed by atoms with Crippen molar-refractivity contribution in [1.29, 1.82) is 0 Å². The predicted octanol–water partition coefficient (Wildman–Crippen LogP) is 2.53. The molecule has 138 valence electrons. The topological polar surface area (TPSA) is 59.6 Å². The molecule has 2 atom stereocenters. The monoisotopic (exact) mass is 346 g/mol. The van der Waals surface area contributed by atoms with Gasteiger partial charge < -0.3 is 20.1 Å². The molecule has 25 heavy (non-hydrogen) atoms. The number of benzene rings is 1. The largest absolute Gasteiger partial charge is 0.490 e. The first-order chi connectivity index (χ1) is 12.2. The molecule has 1 saturated heterocycles. The average Bonchev–Trinajstić information content (AvgIpc) is 2.86. The lowest BCUT2D eigenvalue weighted by Gasteiger charge is -2.29. The number of aryl methyl sites for hydroxylation is 1. The standard InChI is InChI=1S/C20H30N2O3/c1-15-13-21-9-8-17(15)14-22-20(23)5-2-4-16-6-7-18-19(12-16)25-11-3-10-24-18/h6-7,12,15,17,21H,2-5,8-11,13-14H2,1H3,(H,22,23). The Hall–Kier alpha value is -1.75. The summed E-state index contributed by atoms with van der Waals surface area (Å²) in [5.74, 6) is 3.07. The first kappa shape index (κ1) is 18.1. The van der Waals surface area contributed by atoms with E-state index in [1.165, 1.54) is 5.56 Å². The average molecular weight is 346 g/mol. The molecule has 1 fully saturated rings. The minimum Gasteiger partial charge on any atom is -0.490 e. The quantitative estimate of drug-likeness (QED) is 0.831. The van der Waals surface area contributed by atoms with E-state index in [0.717, 1.165) is 56.8 Å². The number of hydrogen-bond donors (Lipinski definition) is 2. The van der Waals surface area contributed by atoms with E-state index in [4.69, 9.17) is 9.47 Å². The van der Waals surface area contributed by atoms with Gasteiger partial charge in [0, 0.05) is 19.4 Å². The molecule has 0 spiro atoms. The fraction of sp³-hybridized carbons (Fsp3) is 0.650. The van der Waals surface area contributed by atoms with E-state index in [-0.39, 0.29) is 5.91 Å². The lowest BCUT2D eigenvalue weighted by Crippen LogP contribution is -2.41. The minimum atomic E-state index is 0.167. The molecule has 0 aromatic heterocycles. The summed E-state index contributed by atoms with van der Waals surface area (Å²) >= 11 is 0. The number of piperidine rings is 1. The van der Waals surface area contributed by atoms with Crippen molar-refractivity contribution in [2.45, 2.75) is 39.0 Å². The van der Waals surface area contributed by atoms with Crippen molar-refractivity contribution in [2.24, 2.45) is 11.8 Å². The summed E-state index contributed by atoms with van der Waals surface area (Å²) in [7, 11) is 0. The van der Waals surface area contributed by atoms with Crippen LogP contribution in [0.2, 0.25) is 0 Å². The molecule has 5 heteroatoms. The van der Waals surface area contributed by atoms with Crippen LogP contribution in [0.1, 0.15) is 38.2 Å². The molecular weight excluding hydrogens is 316 g/mol. The SMILES string of the molecule is CC1CNCCC1CNC(=O)CCCc1ccc2c(c1)OCCCO2. The van der Waals surface area contributed by atoms with E-state index in [9.17, 15) is 4.79 Å². The zero-order valence-corrected chi connectivity index (χ0v) is 15.2. The van der Waals surface area contributed by atoms with Crippen LogP contribution in [0.3, 0.4) is 0 Å². The Morgan fingerprint density at radius 1 is 1.28 bits per heavy atom. The van der Waals surface area contributed by atoms with Crippen molar-refractivity contribution < 1.29 is 14.3 Å². The summed E-state index contributed by atoms with van der Waals surface area (Å²) in [4.78, 5) is 12.1. The molecule has 5 nitrogen and oxygen atoms in total. The molecule has 2 unspecified atom stereocenters. The second kappa shape index (κ2) is 9.09. The van der Waals surface area contributed by atoms with Gasteiger partial charge in [-0.15, -0.1) is 0 Å². The highest BCUT2D eigenvalue weighted by molar-refractivity contribution is 5.75. The summed E-state index contributed by atoms with van der Waals surface area (Å²) in [5.41, 5.74) is 1.20. The van der Waals surface area contributed by atoms with E-state index in [0.29, 0.717) is 31.5 Å². The highest BCUT2D eigenvalue weighted by Crippen LogP contribution is 2.30. The van der Waals surface area contributed by atoms with Gasteiger partial charge in [0.1, 0.15) is 0 Å². The van der Waals surface area contributed by atoms with Crippen LogP contribution >= 0.6 is 0 Å². The number of carbonyl (C=O) groups is 1. The maximum atomic E-state index is 12.1. The first-order valence-corrected chi connectivity index (χ1v) is 9.58. The molecular formula is C20H30N2O3. The number of amides is 1. The normalized spacial score (nSPS) is 22.9.